The van der Waals surface area contributed by atoms with Crippen LogP contribution in [0.3, 0.4) is 0 Å². The summed E-state index contributed by atoms with van der Waals surface area (Å²) in [7, 11) is 0. The maximum Gasteiger partial charge on any atom is 0.266 e. The average molecular weight is 341 g/mol. The summed E-state index contributed by atoms with van der Waals surface area (Å²) in [6.07, 6.45) is 0. The summed E-state index contributed by atoms with van der Waals surface area (Å²) in [4.78, 5) is 15.3. The first-order valence-electron chi connectivity index (χ1n) is 6.78. The van der Waals surface area contributed by atoms with Crippen LogP contribution in [0.15, 0.2) is 18.2 Å². The van der Waals surface area contributed by atoms with E-state index in [0.29, 0.717) is 15.6 Å². The maximum absolute atomic E-state index is 12.8. The van der Waals surface area contributed by atoms with E-state index in [-0.39, 0.29) is 10.7 Å². The van der Waals surface area contributed by atoms with Crippen molar-refractivity contribution in [1.29, 1.82) is 0 Å². The molecule has 0 unspecified atom stereocenters. The van der Waals surface area contributed by atoms with Gasteiger partial charge in [-0.1, -0.05) is 11.6 Å². The third-order valence-corrected chi connectivity index (χ3v) is 6.30. The van der Waals surface area contributed by atoms with E-state index in [1.165, 1.54) is 11.3 Å². The van der Waals surface area contributed by atoms with Gasteiger partial charge in [-0.2, -0.15) is 11.8 Å². The minimum Gasteiger partial charge on any atom is -0.397 e. The Kier molecular flexibility index (Phi) is 3.84. The Morgan fingerprint density at radius 2 is 2.19 bits per heavy atom. The molecular weight excluding hydrogens is 324 g/mol. The van der Waals surface area contributed by atoms with Crippen LogP contribution >= 0.6 is 34.7 Å². The Bertz CT molecular complexity index is 711. The van der Waals surface area contributed by atoms with Gasteiger partial charge in [-0.3, -0.25) is 4.79 Å². The van der Waals surface area contributed by atoms with E-state index >= 15 is 0 Å². The Morgan fingerprint density at radius 3 is 2.90 bits per heavy atom. The number of thioether (sulfide) groups is 1. The van der Waals surface area contributed by atoms with Gasteiger partial charge in [-0.05, 0) is 32.0 Å². The van der Waals surface area contributed by atoms with E-state index in [1.807, 2.05) is 34.9 Å². The summed E-state index contributed by atoms with van der Waals surface area (Å²) in [5.74, 6) is 1.01. The minimum atomic E-state index is 0.0400. The van der Waals surface area contributed by atoms with Gasteiger partial charge in [0.05, 0.1) is 5.69 Å². The molecular formula is C15H17ClN2OS2. The van der Waals surface area contributed by atoms with Crippen molar-refractivity contribution in [3.05, 3.63) is 28.1 Å². The number of carbonyl (C=O) groups excluding carboxylic acids is 1. The quantitative estimate of drug-likeness (QED) is 0.850. The lowest BCUT2D eigenvalue weighted by atomic mass is 10.1. The molecule has 1 saturated heterocycles. The molecule has 0 aliphatic carbocycles. The molecule has 0 atom stereocenters. The molecule has 3 nitrogen and oxygen atoms in total. The zero-order valence-electron chi connectivity index (χ0n) is 12.0. The molecule has 1 fully saturated rings. The van der Waals surface area contributed by atoms with Gasteiger partial charge in [0.1, 0.15) is 4.88 Å². The van der Waals surface area contributed by atoms with Crippen molar-refractivity contribution in [2.24, 2.45) is 0 Å². The molecule has 1 aliphatic heterocycles. The van der Waals surface area contributed by atoms with E-state index in [9.17, 15) is 4.79 Å². The standard InChI is InChI=1S/C15H17ClN2OS2/c1-15(2)8-18(5-6-20-15)14(19)13-12(17)10-7-9(16)3-4-11(10)21-13/h3-4,7H,5-6,8,17H2,1-2H3. The van der Waals surface area contributed by atoms with Crippen molar-refractivity contribution in [2.75, 3.05) is 24.6 Å². The number of anilines is 1. The number of benzene rings is 1. The number of hydrogen-bond donors (Lipinski definition) is 1. The topological polar surface area (TPSA) is 46.3 Å². The summed E-state index contributed by atoms with van der Waals surface area (Å²) in [6.45, 7) is 5.88. The van der Waals surface area contributed by atoms with E-state index in [2.05, 4.69) is 13.8 Å². The van der Waals surface area contributed by atoms with Crippen LogP contribution in [-0.2, 0) is 0 Å². The highest BCUT2D eigenvalue weighted by molar-refractivity contribution is 8.00. The largest absolute Gasteiger partial charge is 0.397 e. The molecule has 1 amide bonds. The lowest BCUT2D eigenvalue weighted by Gasteiger charge is -2.37. The summed E-state index contributed by atoms with van der Waals surface area (Å²) in [5, 5.41) is 1.52. The fraction of sp³-hybridized carbons (Fsp3) is 0.400. The Balaban J connectivity index is 1.96. The van der Waals surface area contributed by atoms with Crippen molar-refractivity contribution in [3.63, 3.8) is 0 Å². The zero-order chi connectivity index (χ0) is 15.2. The van der Waals surface area contributed by atoms with Gasteiger partial charge < -0.3 is 10.6 Å². The molecule has 112 valence electrons. The van der Waals surface area contributed by atoms with Crippen molar-refractivity contribution in [1.82, 2.24) is 4.90 Å². The van der Waals surface area contributed by atoms with Crippen LogP contribution in [0, 0.1) is 0 Å². The van der Waals surface area contributed by atoms with Gasteiger partial charge in [-0.15, -0.1) is 11.3 Å². The van der Waals surface area contributed by atoms with Crippen molar-refractivity contribution in [3.8, 4) is 0 Å². The van der Waals surface area contributed by atoms with E-state index in [1.54, 1.807) is 0 Å². The monoisotopic (exact) mass is 340 g/mol. The molecule has 0 saturated carbocycles. The number of carbonyl (C=O) groups is 1. The number of rotatable bonds is 1. The van der Waals surface area contributed by atoms with Gasteiger partial charge in [0.15, 0.2) is 0 Å². The van der Waals surface area contributed by atoms with Gasteiger partial charge in [0.25, 0.3) is 5.91 Å². The molecule has 2 heterocycles. The van der Waals surface area contributed by atoms with Crippen molar-refractivity contribution in [2.45, 2.75) is 18.6 Å². The van der Waals surface area contributed by atoms with Crippen LogP contribution < -0.4 is 5.73 Å². The van der Waals surface area contributed by atoms with Crippen LogP contribution in [0.5, 0.6) is 0 Å². The third-order valence-electron chi connectivity index (χ3n) is 3.60. The van der Waals surface area contributed by atoms with Gasteiger partial charge >= 0.3 is 0 Å². The maximum atomic E-state index is 12.8. The Labute approximate surface area is 137 Å². The molecule has 0 spiro atoms. The number of hydrogen-bond acceptors (Lipinski definition) is 4. The molecule has 0 radical (unpaired) electrons. The Hall–Kier alpha value is -0.910. The second-order valence-corrected chi connectivity index (χ2v) is 9.11. The van der Waals surface area contributed by atoms with Gasteiger partial charge in [0.2, 0.25) is 0 Å². The summed E-state index contributed by atoms with van der Waals surface area (Å²) in [6, 6.07) is 5.58. The fourth-order valence-corrected chi connectivity index (χ4v) is 4.94. The highest BCUT2D eigenvalue weighted by Gasteiger charge is 2.31. The highest BCUT2D eigenvalue weighted by Crippen LogP contribution is 2.37. The zero-order valence-corrected chi connectivity index (χ0v) is 14.4. The van der Waals surface area contributed by atoms with Crippen LogP contribution in [0.4, 0.5) is 5.69 Å². The number of nitrogens with zero attached hydrogens (tertiary/aromatic N) is 1. The summed E-state index contributed by atoms with van der Waals surface area (Å²) >= 11 is 9.38. The number of thiophene rings is 1. The van der Waals surface area contributed by atoms with Crippen LogP contribution in [0.25, 0.3) is 10.1 Å². The van der Waals surface area contributed by atoms with E-state index in [4.69, 9.17) is 17.3 Å². The number of fused-ring (bicyclic) bond motifs is 1. The number of amides is 1. The molecule has 21 heavy (non-hydrogen) atoms. The lowest BCUT2D eigenvalue weighted by Crippen LogP contribution is -2.46. The lowest BCUT2D eigenvalue weighted by molar-refractivity contribution is 0.0754. The molecule has 6 heteroatoms. The third kappa shape index (κ3) is 2.87. The number of nitrogens with two attached hydrogens (primary N) is 1. The molecule has 3 rings (SSSR count). The minimum absolute atomic E-state index is 0.0400. The van der Waals surface area contributed by atoms with Crippen molar-refractivity contribution >= 4 is 56.4 Å². The van der Waals surface area contributed by atoms with E-state index in [0.717, 1.165) is 28.9 Å². The van der Waals surface area contributed by atoms with Crippen LogP contribution in [0.2, 0.25) is 5.02 Å². The predicted octanol–water partition coefficient (Wildman–Crippen LogP) is 4.10. The van der Waals surface area contributed by atoms with Gasteiger partial charge in [-0.25, -0.2) is 0 Å². The first-order chi connectivity index (χ1) is 9.87. The van der Waals surface area contributed by atoms with Crippen LogP contribution in [-0.4, -0.2) is 34.4 Å². The normalized spacial score (nSPS) is 18.1. The smallest absolute Gasteiger partial charge is 0.266 e. The summed E-state index contributed by atoms with van der Waals surface area (Å²) in [5.41, 5.74) is 6.74. The average Bonchev–Trinajstić information content (AvgIpc) is 2.74. The first kappa shape index (κ1) is 15.0. The molecule has 1 aliphatic rings. The predicted molar refractivity (Wildman–Crippen MR) is 93.7 cm³/mol. The molecule has 1 aromatic carbocycles. The first-order valence-corrected chi connectivity index (χ1v) is 8.96. The number of nitrogen functional groups attached to an aromatic ring is 1. The second-order valence-electron chi connectivity index (χ2n) is 5.82. The van der Waals surface area contributed by atoms with Crippen LogP contribution in [0.1, 0.15) is 23.5 Å². The Morgan fingerprint density at radius 1 is 1.43 bits per heavy atom. The summed E-state index contributed by atoms with van der Waals surface area (Å²) < 4.78 is 1.11. The second kappa shape index (κ2) is 5.38. The molecule has 2 N–H and O–H groups in total. The molecule has 0 bridgehead atoms. The highest BCUT2D eigenvalue weighted by atomic mass is 35.5. The fourth-order valence-electron chi connectivity index (χ4n) is 2.58. The molecule has 2 aromatic rings. The van der Waals surface area contributed by atoms with Crippen molar-refractivity contribution < 1.29 is 4.79 Å². The number of halogens is 1. The van der Waals surface area contributed by atoms with E-state index < -0.39 is 0 Å². The molecule has 1 aromatic heterocycles. The van der Waals surface area contributed by atoms with Gasteiger partial charge in [0, 0.05) is 38.7 Å². The SMILES string of the molecule is CC1(C)CN(C(=O)c2sc3ccc(Cl)cc3c2N)CCS1.